The Labute approximate surface area is 158 Å². The van der Waals surface area contributed by atoms with Crippen molar-refractivity contribution in [1.29, 1.82) is 0 Å². The summed E-state index contributed by atoms with van der Waals surface area (Å²) in [7, 11) is 3.47. The molecule has 0 spiro atoms. The summed E-state index contributed by atoms with van der Waals surface area (Å²) in [5.74, 6) is 1.63. The Morgan fingerprint density at radius 1 is 1.22 bits per heavy atom. The first-order valence-electron chi connectivity index (χ1n) is 8.20. The molecule has 0 aromatic rings. The van der Waals surface area contributed by atoms with Crippen LogP contribution in [0.25, 0.3) is 0 Å². The van der Waals surface area contributed by atoms with E-state index in [-0.39, 0.29) is 29.9 Å². The first-order chi connectivity index (χ1) is 10.3. The molecule has 7 heteroatoms. The third-order valence-corrected chi connectivity index (χ3v) is 4.04. The Hall–Kier alpha value is -0.570. The zero-order valence-electron chi connectivity index (χ0n) is 15.5. The number of halogens is 1. The molecule has 0 saturated carbocycles. The van der Waals surface area contributed by atoms with Crippen LogP contribution in [0.5, 0.6) is 0 Å². The zero-order valence-corrected chi connectivity index (χ0v) is 17.8. The van der Waals surface area contributed by atoms with Crippen LogP contribution in [0, 0.1) is 11.3 Å². The van der Waals surface area contributed by atoms with E-state index in [4.69, 9.17) is 0 Å². The second-order valence-electron chi connectivity index (χ2n) is 7.05. The fourth-order valence-electron chi connectivity index (χ4n) is 2.71. The summed E-state index contributed by atoms with van der Waals surface area (Å²) in [6.45, 7) is 14.2. The van der Waals surface area contributed by atoms with Crippen LogP contribution in [0.15, 0.2) is 4.99 Å². The van der Waals surface area contributed by atoms with Crippen molar-refractivity contribution in [1.82, 2.24) is 20.4 Å². The Bertz CT molecular complexity index is 390. The molecule has 1 aliphatic heterocycles. The highest BCUT2D eigenvalue weighted by molar-refractivity contribution is 14.0. The van der Waals surface area contributed by atoms with Crippen LogP contribution < -0.4 is 10.6 Å². The fraction of sp³-hybridized carbons (Fsp3) is 0.875. The second-order valence-corrected chi connectivity index (χ2v) is 7.05. The van der Waals surface area contributed by atoms with Crippen molar-refractivity contribution in [3.05, 3.63) is 0 Å². The molecule has 2 N–H and O–H groups in total. The smallest absolute Gasteiger partial charge is 0.227 e. The van der Waals surface area contributed by atoms with Gasteiger partial charge in [-0.1, -0.05) is 13.8 Å². The Morgan fingerprint density at radius 3 is 2.22 bits per heavy atom. The number of rotatable bonds is 5. The van der Waals surface area contributed by atoms with Gasteiger partial charge in [0.05, 0.1) is 5.41 Å². The highest BCUT2D eigenvalue weighted by Crippen LogP contribution is 2.13. The lowest BCUT2D eigenvalue weighted by atomic mass is 9.92. The monoisotopic (exact) mass is 439 g/mol. The van der Waals surface area contributed by atoms with E-state index in [2.05, 4.69) is 39.3 Å². The number of aliphatic imine (C=N–C) groups is 1. The zero-order chi connectivity index (χ0) is 16.8. The Balaban J connectivity index is 0.00000484. The first-order valence-corrected chi connectivity index (χ1v) is 8.20. The molecular weight excluding hydrogens is 405 g/mol. The van der Waals surface area contributed by atoms with Gasteiger partial charge in [-0.05, 0) is 19.8 Å². The summed E-state index contributed by atoms with van der Waals surface area (Å²) in [5.41, 5.74) is -0.454. The molecule has 1 heterocycles. The summed E-state index contributed by atoms with van der Waals surface area (Å²) < 4.78 is 0. The van der Waals surface area contributed by atoms with Crippen molar-refractivity contribution in [2.75, 3.05) is 53.4 Å². The molecule has 0 bridgehead atoms. The highest BCUT2D eigenvalue weighted by atomic mass is 127. The minimum atomic E-state index is -0.454. The summed E-state index contributed by atoms with van der Waals surface area (Å²) in [4.78, 5) is 21.0. The van der Waals surface area contributed by atoms with E-state index in [1.165, 1.54) is 0 Å². The number of carbonyl (C=O) groups excluding carboxylic acids is 1. The van der Waals surface area contributed by atoms with Crippen LogP contribution in [0.1, 0.15) is 27.7 Å². The molecule has 0 unspecified atom stereocenters. The third kappa shape index (κ3) is 7.24. The maximum Gasteiger partial charge on any atom is 0.227 e. The molecule has 1 aliphatic rings. The first kappa shape index (κ1) is 22.4. The molecule has 1 fully saturated rings. The van der Waals surface area contributed by atoms with Gasteiger partial charge < -0.3 is 15.5 Å². The number of piperazine rings is 1. The van der Waals surface area contributed by atoms with Crippen LogP contribution in [0.4, 0.5) is 0 Å². The van der Waals surface area contributed by atoms with E-state index in [1.807, 2.05) is 13.8 Å². The van der Waals surface area contributed by atoms with Crippen molar-refractivity contribution in [3.8, 4) is 0 Å². The van der Waals surface area contributed by atoms with Crippen molar-refractivity contribution in [2.45, 2.75) is 27.7 Å². The maximum absolute atomic E-state index is 11.8. The molecule has 0 radical (unpaired) electrons. The molecule has 6 nitrogen and oxygen atoms in total. The third-order valence-electron chi connectivity index (χ3n) is 4.04. The van der Waals surface area contributed by atoms with E-state index >= 15 is 0 Å². The predicted octanol–water partition coefficient (Wildman–Crippen LogP) is 1.23. The van der Waals surface area contributed by atoms with Crippen LogP contribution in [0.3, 0.4) is 0 Å². The summed E-state index contributed by atoms with van der Waals surface area (Å²) in [6.07, 6.45) is 0. The highest BCUT2D eigenvalue weighted by Gasteiger charge is 2.28. The van der Waals surface area contributed by atoms with Gasteiger partial charge in [-0.15, -0.1) is 24.0 Å². The van der Waals surface area contributed by atoms with Crippen molar-refractivity contribution < 1.29 is 4.79 Å². The van der Waals surface area contributed by atoms with Crippen molar-refractivity contribution >= 4 is 35.8 Å². The molecule has 0 aromatic heterocycles. The minimum Gasteiger partial charge on any atom is -0.359 e. The van der Waals surface area contributed by atoms with E-state index in [0.717, 1.165) is 38.7 Å². The topological polar surface area (TPSA) is 60.0 Å². The normalized spacial score (nSPS) is 17.0. The van der Waals surface area contributed by atoms with Crippen LogP contribution in [-0.4, -0.2) is 75.0 Å². The summed E-state index contributed by atoms with van der Waals surface area (Å²) in [5, 5.41) is 6.06. The van der Waals surface area contributed by atoms with Gasteiger partial charge in [0.1, 0.15) is 0 Å². The summed E-state index contributed by atoms with van der Waals surface area (Å²) in [6, 6.07) is 0. The van der Waals surface area contributed by atoms with Gasteiger partial charge in [0.15, 0.2) is 5.96 Å². The van der Waals surface area contributed by atoms with E-state index < -0.39 is 5.41 Å². The minimum absolute atomic E-state index is 0. The number of nitrogens with one attached hydrogen (secondary N) is 2. The lowest BCUT2D eigenvalue weighted by Crippen LogP contribution is -2.54. The maximum atomic E-state index is 11.8. The molecule has 136 valence electrons. The number of nitrogens with zero attached hydrogens (tertiary/aromatic N) is 3. The average molecular weight is 439 g/mol. The largest absolute Gasteiger partial charge is 0.359 e. The van der Waals surface area contributed by atoms with Gasteiger partial charge in [-0.2, -0.15) is 0 Å². The van der Waals surface area contributed by atoms with Gasteiger partial charge >= 0.3 is 0 Å². The molecule has 1 amide bonds. The predicted molar refractivity (Wildman–Crippen MR) is 107 cm³/mol. The number of guanidine groups is 1. The molecule has 1 rings (SSSR count). The standard InChI is InChI=1S/C16H33N5O.HI/c1-13(2)11-20-7-9-21(10-8-20)15(18-6)19-12-16(3,4)14(22)17-5;/h13H,7-12H2,1-6H3,(H,17,22)(H,18,19);1H. The molecule has 0 aliphatic carbocycles. The SMILES string of the molecule is CN=C(NCC(C)(C)C(=O)NC)N1CCN(CC(C)C)CC1.I. The molecule has 1 saturated heterocycles. The summed E-state index contributed by atoms with van der Waals surface area (Å²) >= 11 is 0. The lowest BCUT2D eigenvalue weighted by molar-refractivity contribution is -0.128. The number of hydrogen-bond acceptors (Lipinski definition) is 3. The second kappa shape index (κ2) is 10.3. The van der Waals surface area contributed by atoms with Crippen LogP contribution in [-0.2, 0) is 4.79 Å². The van der Waals surface area contributed by atoms with E-state index in [0.29, 0.717) is 12.5 Å². The van der Waals surface area contributed by atoms with Gasteiger partial charge in [0.2, 0.25) is 5.91 Å². The molecular formula is C16H34IN5O. The quantitative estimate of drug-likeness (QED) is 0.385. The number of amides is 1. The van der Waals surface area contributed by atoms with Crippen LogP contribution >= 0.6 is 24.0 Å². The Kier molecular flexibility index (Phi) is 10.1. The fourth-order valence-corrected chi connectivity index (χ4v) is 2.71. The van der Waals surface area contributed by atoms with Crippen LogP contribution in [0.2, 0.25) is 0 Å². The van der Waals surface area contributed by atoms with Crippen molar-refractivity contribution in [2.24, 2.45) is 16.3 Å². The van der Waals surface area contributed by atoms with Gasteiger partial charge in [-0.25, -0.2) is 0 Å². The van der Waals surface area contributed by atoms with Gasteiger partial charge in [-0.3, -0.25) is 14.7 Å². The van der Waals surface area contributed by atoms with Gasteiger partial charge in [0.25, 0.3) is 0 Å². The number of hydrogen-bond donors (Lipinski definition) is 2. The molecule has 0 atom stereocenters. The molecule has 23 heavy (non-hydrogen) atoms. The molecule has 0 aromatic carbocycles. The number of carbonyl (C=O) groups is 1. The Morgan fingerprint density at radius 2 is 1.78 bits per heavy atom. The van der Waals surface area contributed by atoms with E-state index in [1.54, 1.807) is 14.1 Å². The average Bonchev–Trinajstić information content (AvgIpc) is 2.47. The lowest BCUT2D eigenvalue weighted by Gasteiger charge is -2.37. The van der Waals surface area contributed by atoms with E-state index in [9.17, 15) is 4.79 Å². The van der Waals surface area contributed by atoms with Crippen molar-refractivity contribution in [3.63, 3.8) is 0 Å². The van der Waals surface area contributed by atoms with Gasteiger partial charge in [0, 0.05) is 53.4 Å².